The Morgan fingerprint density at radius 2 is 2.13 bits per heavy atom. The highest BCUT2D eigenvalue weighted by molar-refractivity contribution is 7.17. The first-order valence-corrected chi connectivity index (χ1v) is 5.56. The van der Waals surface area contributed by atoms with E-state index in [0.717, 1.165) is 0 Å². The van der Waals surface area contributed by atoms with Crippen LogP contribution < -0.4 is 0 Å². The molecule has 3 rings (SSSR count). The van der Waals surface area contributed by atoms with Gasteiger partial charge in [0.25, 0.3) is 0 Å². The summed E-state index contributed by atoms with van der Waals surface area (Å²) in [6.45, 7) is 0. The average molecular weight is 210 g/mol. The molecule has 0 aliphatic rings. The van der Waals surface area contributed by atoms with Crippen LogP contribution in [0.3, 0.4) is 0 Å². The van der Waals surface area contributed by atoms with Crippen molar-refractivity contribution in [1.29, 1.82) is 0 Å². The highest BCUT2D eigenvalue weighted by Gasteiger charge is 2.03. The summed E-state index contributed by atoms with van der Waals surface area (Å²) in [5.41, 5.74) is 2.41. The number of benzene rings is 1. The smallest absolute Gasteiger partial charge is 0.0455 e. The maximum absolute atomic E-state index is 4.15. The lowest BCUT2D eigenvalue weighted by Crippen LogP contribution is -1.78. The molecule has 3 aromatic rings. The van der Waals surface area contributed by atoms with Crippen molar-refractivity contribution in [3.05, 3.63) is 54.2 Å². The van der Waals surface area contributed by atoms with Crippen molar-refractivity contribution in [3.8, 4) is 11.1 Å². The molecule has 0 aliphatic carbocycles. The first-order chi connectivity index (χ1) is 7.45. The average Bonchev–Trinajstić information content (AvgIpc) is 2.78. The number of rotatable bonds is 1. The highest BCUT2D eigenvalue weighted by atomic mass is 32.1. The van der Waals surface area contributed by atoms with Gasteiger partial charge in [-0.25, -0.2) is 0 Å². The van der Waals surface area contributed by atoms with Crippen molar-refractivity contribution in [2.75, 3.05) is 0 Å². The summed E-state index contributed by atoms with van der Waals surface area (Å²) in [7, 11) is 0. The second kappa shape index (κ2) is 3.48. The monoisotopic (exact) mass is 210 g/mol. The molecule has 0 saturated carbocycles. The van der Waals surface area contributed by atoms with Crippen molar-refractivity contribution in [1.82, 2.24) is 4.98 Å². The van der Waals surface area contributed by atoms with Crippen LogP contribution >= 0.6 is 11.3 Å². The van der Waals surface area contributed by atoms with Gasteiger partial charge in [-0.2, -0.15) is 0 Å². The molecule has 0 bridgehead atoms. The zero-order chi connectivity index (χ0) is 10.1. The lowest BCUT2D eigenvalue weighted by atomic mass is 10.1. The fourth-order valence-electron chi connectivity index (χ4n) is 1.68. The molecular weight excluding hydrogens is 202 g/mol. The zero-order valence-electron chi connectivity index (χ0n) is 7.97. The maximum Gasteiger partial charge on any atom is 0.0455 e. The Kier molecular flexibility index (Phi) is 2.00. The summed E-state index contributed by atoms with van der Waals surface area (Å²) in [4.78, 5) is 4.15. The van der Waals surface area contributed by atoms with Gasteiger partial charge < -0.3 is 0 Å². The predicted molar refractivity (Wildman–Crippen MR) is 63.9 cm³/mol. The van der Waals surface area contributed by atoms with Crippen LogP contribution in [0.1, 0.15) is 0 Å². The summed E-state index contributed by atoms with van der Waals surface area (Å²) in [6.07, 6.45) is 3.69. The fraction of sp³-hybridized carbons (Fsp3) is 0. The number of pyridine rings is 1. The molecule has 2 aromatic heterocycles. The van der Waals surface area contributed by atoms with E-state index in [-0.39, 0.29) is 0 Å². The molecule has 0 fully saturated rings. The van der Waals surface area contributed by atoms with Gasteiger partial charge >= 0.3 is 0 Å². The SMILES string of the molecule is [c]1cc2cccc(-c3cccnc3)c2s1. The lowest BCUT2D eigenvalue weighted by Gasteiger charge is -2.01. The maximum atomic E-state index is 4.15. The molecule has 71 valence electrons. The zero-order valence-corrected chi connectivity index (χ0v) is 8.79. The third kappa shape index (κ3) is 1.43. The lowest BCUT2D eigenvalue weighted by molar-refractivity contribution is 1.33. The van der Waals surface area contributed by atoms with E-state index in [1.807, 2.05) is 18.3 Å². The van der Waals surface area contributed by atoms with Crippen LogP contribution in [0.15, 0.2) is 48.8 Å². The van der Waals surface area contributed by atoms with Crippen LogP contribution in [0.2, 0.25) is 0 Å². The number of hydrogen-bond donors (Lipinski definition) is 0. The van der Waals surface area contributed by atoms with Crippen LogP contribution in [-0.4, -0.2) is 4.98 Å². The standard InChI is InChI=1S/C13H8NS/c1-3-10-6-8-15-13(10)12(5-1)11-4-2-7-14-9-11/h1-7,9H. The van der Waals surface area contributed by atoms with E-state index in [0.29, 0.717) is 0 Å². The van der Waals surface area contributed by atoms with Crippen LogP contribution in [0.25, 0.3) is 21.2 Å². The predicted octanol–water partition coefficient (Wildman–Crippen LogP) is 3.76. The molecule has 1 nitrogen and oxygen atoms in total. The Morgan fingerprint density at radius 3 is 3.00 bits per heavy atom. The Bertz CT molecular complexity index is 584. The number of hydrogen-bond acceptors (Lipinski definition) is 2. The Balaban J connectivity index is 2.31. The van der Waals surface area contributed by atoms with Crippen molar-refractivity contribution < 1.29 is 0 Å². The van der Waals surface area contributed by atoms with Gasteiger partial charge in [-0.15, -0.1) is 11.3 Å². The minimum absolute atomic E-state index is 1.17. The second-order valence-electron chi connectivity index (χ2n) is 3.33. The molecule has 0 saturated heterocycles. The van der Waals surface area contributed by atoms with Crippen LogP contribution in [-0.2, 0) is 0 Å². The number of aromatic nitrogens is 1. The quantitative estimate of drug-likeness (QED) is 0.596. The normalized spacial score (nSPS) is 10.7. The Hall–Kier alpha value is -1.67. The summed E-state index contributed by atoms with van der Waals surface area (Å²) in [6, 6.07) is 12.4. The molecule has 0 atom stereocenters. The molecule has 0 aliphatic heterocycles. The summed E-state index contributed by atoms with van der Waals surface area (Å²) in [5, 5.41) is 4.42. The van der Waals surface area contributed by atoms with Crippen LogP contribution in [0.5, 0.6) is 0 Å². The van der Waals surface area contributed by atoms with E-state index in [1.165, 1.54) is 21.2 Å². The Labute approximate surface area is 92.0 Å². The van der Waals surface area contributed by atoms with Gasteiger partial charge in [-0.05, 0) is 17.5 Å². The number of nitrogens with zero attached hydrogens (tertiary/aromatic N) is 1. The molecule has 1 aromatic carbocycles. The largest absolute Gasteiger partial charge is 0.264 e. The van der Waals surface area contributed by atoms with E-state index in [2.05, 4.69) is 34.6 Å². The first kappa shape index (κ1) is 8.62. The van der Waals surface area contributed by atoms with Crippen molar-refractivity contribution in [3.63, 3.8) is 0 Å². The highest BCUT2D eigenvalue weighted by Crippen LogP contribution is 2.31. The first-order valence-electron chi connectivity index (χ1n) is 4.74. The third-order valence-corrected chi connectivity index (χ3v) is 3.29. The van der Waals surface area contributed by atoms with Gasteiger partial charge in [0, 0.05) is 33.6 Å². The van der Waals surface area contributed by atoms with E-state index >= 15 is 0 Å². The van der Waals surface area contributed by atoms with Crippen molar-refractivity contribution >= 4 is 21.4 Å². The van der Waals surface area contributed by atoms with Crippen LogP contribution in [0, 0.1) is 5.38 Å². The van der Waals surface area contributed by atoms with E-state index < -0.39 is 0 Å². The molecule has 0 spiro atoms. The van der Waals surface area contributed by atoms with Crippen molar-refractivity contribution in [2.45, 2.75) is 0 Å². The Morgan fingerprint density at radius 1 is 1.13 bits per heavy atom. The van der Waals surface area contributed by atoms with Gasteiger partial charge in [-0.3, -0.25) is 4.98 Å². The summed E-state index contributed by atoms with van der Waals surface area (Å²) < 4.78 is 1.28. The number of fused-ring (bicyclic) bond motifs is 1. The summed E-state index contributed by atoms with van der Waals surface area (Å²) >= 11 is 1.66. The van der Waals surface area contributed by atoms with Gasteiger partial charge in [0.05, 0.1) is 0 Å². The van der Waals surface area contributed by atoms with Gasteiger partial charge in [0.2, 0.25) is 0 Å². The fourth-order valence-corrected chi connectivity index (χ4v) is 2.53. The molecule has 2 heteroatoms. The topological polar surface area (TPSA) is 12.9 Å². The van der Waals surface area contributed by atoms with E-state index in [9.17, 15) is 0 Å². The van der Waals surface area contributed by atoms with Crippen LogP contribution in [0.4, 0.5) is 0 Å². The van der Waals surface area contributed by atoms with E-state index in [4.69, 9.17) is 0 Å². The molecule has 1 radical (unpaired) electrons. The molecular formula is C13H8NS. The molecule has 15 heavy (non-hydrogen) atoms. The molecule has 0 amide bonds. The molecule has 0 N–H and O–H groups in total. The molecule has 0 unspecified atom stereocenters. The van der Waals surface area contributed by atoms with Gasteiger partial charge in [0.1, 0.15) is 0 Å². The summed E-state index contributed by atoms with van der Waals surface area (Å²) in [5.74, 6) is 0. The minimum Gasteiger partial charge on any atom is -0.264 e. The van der Waals surface area contributed by atoms with Crippen molar-refractivity contribution in [2.24, 2.45) is 0 Å². The van der Waals surface area contributed by atoms with Gasteiger partial charge in [-0.1, -0.05) is 24.3 Å². The number of thiophene rings is 1. The second-order valence-corrected chi connectivity index (χ2v) is 4.18. The van der Waals surface area contributed by atoms with E-state index in [1.54, 1.807) is 17.5 Å². The third-order valence-electron chi connectivity index (χ3n) is 2.39. The van der Waals surface area contributed by atoms with Gasteiger partial charge in [0.15, 0.2) is 0 Å². The molecule has 2 heterocycles. The minimum atomic E-state index is 1.17.